The summed E-state index contributed by atoms with van der Waals surface area (Å²) in [6.45, 7) is 0. The smallest absolute Gasteiger partial charge is 0.350 e. The van der Waals surface area contributed by atoms with Gasteiger partial charge >= 0.3 is 11.9 Å². The van der Waals surface area contributed by atoms with Crippen LogP contribution in [0.4, 0.5) is 0 Å². The quantitative estimate of drug-likeness (QED) is 0.482. The van der Waals surface area contributed by atoms with Gasteiger partial charge in [0.25, 0.3) is 12.3 Å². The van der Waals surface area contributed by atoms with Crippen molar-refractivity contribution in [2.75, 3.05) is 0 Å². The van der Waals surface area contributed by atoms with Gasteiger partial charge in [0.2, 0.25) is 0 Å². The molecule has 1 fully saturated rings. The average molecular weight is 164 g/mol. The molecule has 6 heteroatoms. The molecule has 1 rings (SSSR count). The van der Waals surface area contributed by atoms with Gasteiger partial charge in [0.05, 0.1) is 6.42 Å². The lowest BCUT2D eigenvalue weighted by atomic mass is 10.3. The number of aliphatic hydroxyl groups is 1. The molecule has 1 heterocycles. The molecule has 56 valence electrons. The van der Waals surface area contributed by atoms with Crippen LogP contribution in [0.2, 0.25) is 0 Å². The first-order chi connectivity index (χ1) is 4.70. The van der Waals surface area contributed by atoms with Crippen LogP contribution in [0.1, 0.15) is 6.42 Å². The number of hydrogen-bond acceptors (Lipinski definition) is 6. The van der Waals surface area contributed by atoms with Gasteiger partial charge in [0.1, 0.15) is 0 Å². The Morgan fingerprint density at radius 1 is 1.50 bits per heavy atom. The van der Waals surface area contributed by atoms with Crippen molar-refractivity contribution in [3.05, 3.63) is 0 Å². The van der Waals surface area contributed by atoms with Gasteiger partial charge in [0.15, 0.2) is 6.10 Å². The van der Waals surface area contributed by atoms with Crippen LogP contribution in [0.25, 0.3) is 0 Å². The van der Waals surface area contributed by atoms with Gasteiger partial charge in [0, 0.05) is 0 Å². The molecule has 0 aromatic rings. The lowest BCUT2D eigenvalue weighted by Gasteiger charge is -1.97. The van der Waals surface area contributed by atoms with Crippen LogP contribution >= 0.6 is 12.3 Å². The topological polar surface area (TPSA) is 72.8 Å². The predicted molar refractivity (Wildman–Crippen MR) is 30.4 cm³/mol. The maximum absolute atomic E-state index is 10.4. The molecule has 10 heavy (non-hydrogen) atoms. The zero-order valence-corrected chi connectivity index (χ0v) is 5.59. The summed E-state index contributed by atoms with van der Waals surface area (Å²) in [5, 5.41) is 8.74. The minimum absolute atomic E-state index is 0.277. The van der Waals surface area contributed by atoms with E-state index in [1.54, 1.807) is 0 Å². The van der Waals surface area contributed by atoms with Gasteiger partial charge in [-0.15, -0.1) is 0 Å². The van der Waals surface area contributed by atoms with E-state index in [-0.39, 0.29) is 18.7 Å². The Hall–Kier alpha value is -0.750. The molecule has 1 unspecified atom stereocenters. The first-order valence-electron chi connectivity index (χ1n) is 2.46. The van der Waals surface area contributed by atoms with Gasteiger partial charge in [-0.05, 0) is 0 Å². The van der Waals surface area contributed by atoms with Crippen molar-refractivity contribution >= 4 is 24.3 Å². The van der Waals surface area contributed by atoms with Crippen molar-refractivity contribution in [3.8, 4) is 0 Å². The van der Waals surface area contributed by atoms with E-state index >= 15 is 0 Å². The summed E-state index contributed by atoms with van der Waals surface area (Å²) in [5.74, 6) is -1.51. The first kappa shape index (κ1) is 7.36. The second kappa shape index (κ2) is 2.89. The summed E-state index contributed by atoms with van der Waals surface area (Å²) in [4.78, 5) is 20.8. The Kier molecular flexibility index (Phi) is 2.13. The number of carbonyl (C=O) groups is 2. The molecule has 0 saturated carbocycles. The number of rotatable bonds is 0. The van der Waals surface area contributed by atoms with Crippen LogP contribution in [0.15, 0.2) is 0 Å². The number of aliphatic hydroxyl groups excluding tert-OH is 1. The molecule has 0 amide bonds. The van der Waals surface area contributed by atoms with E-state index in [2.05, 4.69) is 8.37 Å². The molecule has 0 radical (unpaired) electrons. The van der Waals surface area contributed by atoms with E-state index in [9.17, 15) is 9.59 Å². The van der Waals surface area contributed by atoms with E-state index in [0.29, 0.717) is 0 Å². The van der Waals surface area contributed by atoms with Crippen LogP contribution in [0, 0.1) is 0 Å². The minimum atomic E-state index is -1.39. The van der Waals surface area contributed by atoms with E-state index in [4.69, 9.17) is 5.11 Å². The van der Waals surface area contributed by atoms with Crippen molar-refractivity contribution in [1.29, 1.82) is 0 Å². The summed E-state index contributed by atoms with van der Waals surface area (Å²) in [7, 11) is 0. The Bertz CT molecular complexity index is 167. The summed E-state index contributed by atoms with van der Waals surface area (Å²) in [5.41, 5.74) is 0. The highest BCUT2D eigenvalue weighted by Gasteiger charge is 2.26. The van der Waals surface area contributed by atoms with Gasteiger partial charge in [-0.2, -0.15) is 0 Å². The van der Waals surface area contributed by atoms with Crippen molar-refractivity contribution in [2.24, 2.45) is 0 Å². The molecule has 0 aromatic heterocycles. The number of hydrogen-bond donors (Lipinski definition) is 1. The summed E-state index contributed by atoms with van der Waals surface area (Å²) >= 11 is 0.277. The van der Waals surface area contributed by atoms with Crippen molar-refractivity contribution < 1.29 is 23.1 Å². The predicted octanol–water partition coefficient (Wildman–Crippen LogP) is -0.599. The molecule has 5 nitrogen and oxygen atoms in total. The first-order valence-corrected chi connectivity index (χ1v) is 3.13. The molecule has 0 aromatic carbocycles. The third-order valence-corrected chi connectivity index (χ3v) is 1.36. The third kappa shape index (κ3) is 1.61. The lowest BCUT2D eigenvalue weighted by molar-refractivity contribution is -0.145. The molecule has 0 spiro atoms. The zero-order valence-electron chi connectivity index (χ0n) is 4.77. The molecular formula is C4H4O5S. The molecule has 1 aliphatic heterocycles. The maximum atomic E-state index is 10.4. The lowest BCUT2D eigenvalue weighted by Crippen LogP contribution is -2.21. The fourth-order valence-electron chi connectivity index (χ4n) is 0.419. The van der Waals surface area contributed by atoms with E-state index in [1.165, 1.54) is 0 Å². The molecule has 0 bridgehead atoms. The van der Waals surface area contributed by atoms with Crippen LogP contribution in [0.5, 0.6) is 0 Å². The Labute approximate surface area is 60.7 Å². The highest BCUT2D eigenvalue weighted by atomic mass is 32.2. The Morgan fingerprint density at radius 2 is 2.20 bits per heavy atom. The minimum Gasteiger partial charge on any atom is -0.381 e. The molecular weight excluding hydrogens is 160 g/mol. The molecule has 1 atom stereocenters. The van der Waals surface area contributed by atoms with Gasteiger partial charge in [-0.3, -0.25) is 4.79 Å². The third-order valence-electron chi connectivity index (χ3n) is 0.875. The largest absolute Gasteiger partial charge is 0.381 e. The SMILES string of the molecule is O=C1CC(O)C(=O)OSO1. The van der Waals surface area contributed by atoms with Crippen LogP contribution in [-0.4, -0.2) is 23.1 Å². The monoisotopic (exact) mass is 164 g/mol. The molecule has 1 saturated heterocycles. The standard InChI is InChI=1S/C4H4O5S/c5-2-1-3(6)8-10-9-4(2)7/h2,5H,1H2. The zero-order chi connectivity index (χ0) is 7.56. The van der Waals surface area contributed by atoms with E-state index in [1.807, 2.05) is 0 Å². The molecule has 1 aliphatic rings. The second-order valence-corrected chi connectivity index (χ2v) is 2.12. The Morgan fingerprint density at radius 3 is 2.90 bits per heavy atom. The van der Waals surface area contributed by atoms with Crippen molar-refractivity contribution in [2.45, 2.75) is 12.5 Å². The number of carbonyl (C=O) groups excluding carboxylic acids is 2. The fraction of sp³-hybridized carbons (Fsp3) is 0.500. The highest BCUT2D eigenvalue weighted by molar-refractivity contribution is 7.90. The highest BCUT2D eigenvalue weighted by Crippen LogP contribution is 2.14. The second-order valence-electron chi connectivity index (χ2n) is 1.65. The summed E-state index contributed by atoms with van der Waals surface area (Å²) < 4.78 is 8.39. The molecule has 1 N–H and O–H groups in total. The van der Waals surface area contributed by atoms with E-state index in [0.717, 1.165) is 0 Å². The Balaban J connectivity index is 2.57. The molecule has 0 aliphatic carbocycles. The maximum Gasteiger partial charge on any atom is 0.350 e. The summed E-state index contributed by atoms with van der Waals surface area (Å²) in [6.07, 6.45) is -1.73. The van der Waals surface area contributed by atoms with Gasteiger partial charge in [-0.1, -0.05) is 0 Å². The normalized spacial score (nSPS) is 26.7. The van der Waals surface area contributed by atoms with Crippen LogP contribution in [-0.2, 0) is 18.0 Å². The summed E-state index contributed by atoms with van der Waals surface area (Å²) in [6, 6.07) is 0. The van der Waals surface area contributed by atoms with Crippen LogP contribution < -0.4 is 0 Å². The van der Waals surface area contributed by atoms with Gasteiger partial charge in [-0.25, -0.2) is 4.79 Å². The average Bonchev–Trinajstić information content (AvgIpc) is 1.96. The van der Waals surface area contributed by atoms with E-state index < -0.39 is 18.0 Å². The van der Waals surface area contributed by atoms with Crippen molar-refractivity contribution in [3.63, 3.8) is 0 Å². The van der Waals surface area contributed by atoms with Crippen molar-refractivity contribution in [1.82, 2.24) is 0 Å². The van der Waals surface area contributed by atoms with Gasteiger partial charge < -0.3 is 13.5 Å². The van der Waals surface area contributed by atoms with Crippen LogP contribution in [0.3, 0.4) is 0 Å². The fourth-order valence-corrected chi connectivity index (χ4v) is 0.775.